The summed E-state index contributed by atoms with van der Waals surface area (Å²) in [6.45, 7) is 2.72. The Morgan fingerprint density at radius 2 is 2.14 bits per heavy atom. The molecule has 80 valence electrons. The van der Waals surface area contributed by atoms with E-state index in [1.54, 1.807) is 0 Å². The van der Waals surface area contributed by atoms with Crippen molar-refractivity contribution < 1.29 is 24.2 Å². The molecule has 0 aromatic carbocycles. The first-order chi connectivity index (χ1) is 6.49. The molecule has 0 saturated carbocycles. The van der Waals surface area contributed by atoms with Crippen LogP contribution in [0.1, 0.15) is 26.7 Å². The van der Waals surface area contributed by atoms with Crippen LogP contribution in [0.25, 0.3) is 0 Å². The summed E-state index contributed by atoms with van der Waals surface area (Å²) in [6, 6.07) is 0. The summed E-state index contributed by atoms with van der Waals surface area (Å²) in [5.74, 6) is -0.484. The molecule has 1 heterocycles. The predicted octanol–water partition coefficient (Wildman–Crippen LogP) is 0.00450. The first kappa shape index (κ1) is 11.1. The van der Waals surface area contributed by atoms with Crippen LogP contribution >= 0.6 is 0 Å². The Bertz CT molecular complexity index is 213. The fourth-order valence-electron chi connectivity index (χ4n) is 1.50. The Morgan fingerprint density at radius 1 is 1.50 bits per heavy atom. The number of esters is 1. The van der Waals surface area contributed by atoms with Gasteiger partial charge in [0.15, 0.2) is 6.29 Å². The van der Waals surface area contributed by atoms with Crippen LogP contribution < -0.4 is 0 Å². The van der Waals surface area contributed by atoms with Gasteiger partial charge in [-0.25, -0.2) is 0 Å². The van der Waals surface area contributed by atoms with E-state index in [0.717, 1.165) is 0 Å². The summed E-state index contributed by atoms with van der Waals surface area (Å²) in [4.78, 5) is 21.5. The highest BCUT2D eigenvalue weighted by Crippen LogP contribution is 2.24. The second-order valence-corrected chi connectivity index (χ2v) is 3.42. The first-order valence-electron chi connectivity index (χ1n) is 4.49. The molecule has 1 N–H and O–H groups in total. The minimum absolute atomic E-state index is 0.0544. The Balaban J connectivity index is 2.53. The monoisotopic (exact) mass is 202 g/mol. The number of ketones is 1. The normalized spacial score (nSPS) is 31.5. The summed E-state index contributed by atoms with van der Waals surface area (Å²) in [5, 5.41) is 9.17. The standard InChI is InChI=1S/C9H14O5/c1-5(10)3-7-8(13-6(2)11)4-9(12)14-7/h7-9,12H,3-4H2,1-2H3/t7-,8+,9?/m1/s1. The molecule has 0 aromatic rings. The van der Waals surface area contributed by atoms with Gasteiger partial charge in [0, 0.05) is 19.8 Å². The second kappa shape index (κ2) is 4.52. The molecule has 0 amide bonds. The van der Waals surface area contributed by atoms with E-state index in [1.165, 1.54) is 13.8 Å². The molecule has 1 saturated heterocycles. The summed E-state index contributed by atoms with van der Waals surface area (Å²) in [6.07, 6.45) is -1.56. The molecule has 1 fully saturated rings. The summed E-state index contributed by atoms with van der Waals surface area (Å²) >= 11 is 0. The Labute approximate surface area is 82.0 Å². The van der Waals surface area contributed by atoms with E-state index < -0.39 is 24.5 Å². The molecule has 0 aliphatic carbocycles. The highest BCUT2D eigenvalue weighted by Gasteiger charge is 2.37. The molecule has 0 aromatic heterocycles. The average Bonchev–Trinajstić information content (AvgIpc) is 2.28. The van der Waals surface area contributed by atoms with Gasteiger partial charge < -0.3 is 14.6 Å². The number of carbonyl (C=O) groups excluding carboxylic acids is 2. The van der Waals surface area contributed by atoms with Crippen molar-refractivity contribution in [2.45, 2.75) is 45.2 Å². The quantitative estimate of drug-likeness (QED) is 0.652. The van der Waals surface area contributed by atoms with Gasteiger partial charge in [0.05, 0.1) is 0 Å². The van der Waals surface area contributed by atoms with Gasteiger partial charge in [-0.1, -0.05) is 0 Å². The zero-order valence-electron chi connectivity index (χ0n) is 8.23. The lowest BCUT2D eigenvalue weighted by Crippen LogP contribution is -2.28. The highest BCUT2D eigenvalue weighted by atomic mass is 16.6. The maximum Gasteiger partial charge on any atom is 0.302 e. The largest absolute Gasteiger partial charge is 0.460 e. The summed E-state index contributed by atoms with van der Waals surface area (Å²) in [5.41, 5.74) is 0. The molecular weight excluding hydrogens is 188 g/mol. The van der Waals surface area contributed by atoms with Crippen LogP contribution in [0.2, 0.25) is 0 Å². The molecule has 1 aliphatic heterocycles. The van der Waals surface area contributed by atoms with Crippen LogP contribution in [-0.2, 0) is 19.1 Å². The number of aliphatic hydroxyl groups is 1. The lowest BCUT2D eigenvalue weighted by Gasteiger charge is -2.16. The molecule has 5 nitrogen and oxygen atoms in total. The van der Waals surface area contributed by atoms with E-state index in [2.05, 4.69) is 0 Å². The molecule has 0 bridgehead atoms. The number of ether oxygens (including phenoxy) is 2. The van der Waals surface area contributed by atoms with E-state index in [9.17, 15) is 14.7 Å². The number of aliphatic hydroxyl groups excluding tert-OH is 1. The second-order valence-electron chi connectivity index (χ2n) is 3.42. The van der Waals surface area contributed by atoms with Crippen molar-refractivity contribution in [1.29, 1.82) is 0 Å². The maximum atomic E-state index is 10.8. The molecule has 1 unspecified atom stereocenters. The van der Waals surface area contributed by atoms with Gasteiger partial charge in [0.2, 0.25) is 0 Å². The van der Waals surface area contributed by atoms with Crippen LogP contribution in [0.15, 0.2) is 0 Å². The minimum Gasteiger partial charge on any atom is -0.460 e. The van der Waals surface area contributed by atoms with Crippen molar-refractivity contribution in [3.63, 3.8) is 0 Å². The van der Waals surface area contributed by atoms with E-state index in [1.807, 2.05) is 0 Å². The summed E-state index contributed by atoms with van der Waals surface area (Å²) < 4.78 is 9.96. The van der Waals surface area contributed by atoms with Crippen molar-refractivity contribution >= 4 is 11.8 Å². The van der Waals surface area contributed by atoms with Gasteiger partial charge in [-0.2, -0.15) is 0 Å². The smallest absolute Gasteiger partial charge is 0.302 e. The van der Waals surface area contributed by atoms with Gasteiger partial charge in [-0.15, -0.1) is 0 Å². The zero-order valence-corrected chi connectivity index (χ0v) is 8.23. The third-order valence-corrected chi connectivity index (χ3v) is 1.99. The van der Waals surface area contributed by atoms with Crippen LogP contribution in [0.3, 0.4) is 0 Å². The van der Waals surface area contributed by atoms with E-state index in [0.29, 0.717) is 0 Å². The maximum absolute atomic E-state index is 10.8. The summed E-state index contributed by atoms with van der Waals surface area (Å²) in [7, 11) is 0. The lowest BCUT2D eigenvalue weighted by atomic mass is 10.1. The van der Waals surface area contributed by atoms with Crippen molar-refractivity contribution in [2.24, 2.45) is 0 Å². The van der Waals surface area contributed by atoms with E-state index in [-0.39, 0.29) is 18.6 Å². The van der Waals surface area contributed by atoms with E-state index >= 15 is 0 Å². The van der Waals surface area contributed by atoms with Crippen molar-refractivity contribution in [3.8, 4) is 0 Å². The van der Waals surface area contributed by atoms with E-state index in [4.69, 9.17) is 9.47 Å². The first-order valence-corrected chi connectivity index (χ1v) is 4.49. The molecule has 14 heavy (non-hydrogen) atoms. The van der Waals surface area contributed by atoms with Crippen molar-refractivity contribution in [1.82, 2.24) is 0 Å². The van der Waals surface area contributed by atoms with Gasteiger partial charge in [0.1, 0.15) is 18.0 Å². The number of hydrogen-bond donors (Lipinski definition) is 1. The molecule has 5 heteroatoms. The Hall–Kier alpha value is -0.940. The van der Waals surface area contributed by atoms with Crippen LogP contribution in [0.4, 0.5) is 0 Å². The number of carbonyl (C=O) groups is 2. The lowest BCUT2D eigenvalue weighted by molar-refractivity contribution is -0.151. The number of hydrogen-bond acceptors (Lipinski definition) is 5. The van der Waals surface area contributed by atoms with Crippen LogP contribution in [0, 0.1) is 0 Å². The topological polar surface area (TPSA) is 72.8 Å². The molecule has 3 atom stereocenters. The number of Topliss-reactive ketones (excluding diaryl/α,β-unsaturated/α-hetero) is 1. The zero-order chi connectivity index (χ0) is 10.7. The third-order valence-electron chi connectivity index (χ3n) is 1.99. The third kappa shape index (κ3) is 3.08. The van der Waals surface area contributed by atoms with Gasteiger partial charge in [-0.3, -0.25) is 9.59 Å². The van der Waals surface area contributed by atoms with Crippen molar-refractivity contribution in [3.05, 3.63) is 0 Å². The van der Waals surface area contributed by atoms with Gasteiger partial charge in [-0.05, 0) is 6.92 Å². The fourth-order valence-corrected chi connectivity index (χ4v) is 1.50. The van der Waals surface area contributed by atoms with Crippen molar-refractivity contribution in [2.75, 3.05) is 0 Å². The fraction of sp³-hybridized carbons (Fsp3) is 0.778. The Kier molecular flexibility index (Phi) is 3.60. The molecule has 1 aliphatic rings. The van der Waals surface area contributed by atoms with Gasteiger partial charge >= 0.3 is 5.97 Å². The van der Waals surface area contributed by atoms with Gasteiger partial charge in [0.25, 0.3) is 0 Å². The average molecular weight is 202 g/mol. The molecular formula is C9H14O5. The van der Waals surface area contributed by atoms with Crippen LogP contribution in [0.5, 0.6) is 0 Å². The number of rotatable bonds is 3. The minimum atomic E-state index is -0.941. The molecule has 0 radical (unpaired) electrons. The SMILES string of the molecule is CC(=O)C[C@H]1OC(O)C[C@@H]1OC(C)=O. The molecule has 0 spiro atoms. The molecule has 1 rings (SSSR count). The Morgan fingerprint density at radius 3 is 2.64 bits per heavy atom. The predicted molar refractivity (Wildman–Crippen MR) is 46.3 cm³/mol. The highest BCUT2D eigenvalue weighted by molar-refractivity contribution is 5.76. The van der Waals surface area contributed by atoms with Crippen LogP contribution in [-0.4, -0.2) is 35.4 Å².